The molecule has 4 heterocycles. The van der Waals surface area contributed by atoms with Crippen molar-refractivity contribution in [1.29, 1.82) is 0 Å². The number of rotatable bonds is 6. The number of hydrogen-bond donors (Lipinski definition) is 1. The van der Waals surface area contributed by atoms with Gasteiger partial charge in [-0.15, -0.1) is 0 Å². The number of carbonyl (C=O) groups excluding carboxylic acids is 1. The van der Waals surface area contributed by atoms with Crippen molar-refractivity contribution in [3.8, 4) is 11.3 Å². The van der Waals surface area contributed by atoms with Crippen molar-refractivity contribution in [2.24, 2.45) is 5.92 Å². The summed E-state index contributed by atoms with van der Waals surface area (Å²) in [5, 5.41) is 3.65. The van der Waals surface area contributed by atoms with Crippen LogP contribution in [0, 0.1) is 11.7 Å². The maximum atomic E-state index is 14.6. The zero-order chi connectivity index (χ0) is 26.8. The molecule has 10 heteroatoms. The minimum absolute atomic E-state index is 0.116. The molecule has 9 nitrogen and oxygen atoms in total. The molecule has 2 fully saturated rings. The van der Waals surface area contributed by atoms with Gasteiger partial charge in [0, 0.05) is 36.7 Å². The van der Waals surface area contributed by atoms with Gasteiger partial charge >= 0.3 is 0 Å². The van der Waals surface area contributed by atoms with Crippen molar-refractivity contribution in [3.63, 3.8) is 0 Å². The van der Waals surface area contributed by atoms with Crippen LogP contribution in [0.15, 0.2) is 30.3 Å². The Kier molecular flexibility index (Phi) is 7.71. The summed E-state index contributed by atoms with van der Waals surface area (Å²) in [6.07, 6.45) is 0. The predicted molar refractivity (Wildman–Crippen MR) is 145 cm³/mol. The van der Waals surface area contributed by atoms with Crippen molar-refractivity contribution in [2.75, 3.05) is 49.3 Å². The SMILES string of the molecule is CC(C)C(=O)NCc1cc(-c2ccc3c(N4CCOC[C@@H]4C)nc(N4CCOC[C@@H]4C)nc3n2)ccc1F. The van der Waals surface area contributed by atoms with Gasteiger partial charge in [-0.25, -0.2) is 9.37 Å². The first-order valence-electron chi connectivity index (χ1n) is 13.3. The summed E-state index contributed by atoms with van der Waals surface area (Å²) in [5.74, 6) is 0.811. The monoisotopic (exact) mass is 522 g/mol. The number of anilines is 2. The molecule has 0 bridgehead atoms. The van der Waals surface area contributed by atoms with E-state index in [1.807, 2.05) is 12.1 Å². The van der Waals surface area contributed by atoms with Gasteiger partial charge in [-0.2, -0.15) is 9.97 Å². The lowest BCUT2D eigenvalue weighted by molar-refractivity contribution is -0.124. The summed E-state index contributed by atoms with van der Waals surface area (Å²) in [6.45, 7) is 11.9. The van der Waals surface area contributed by atoms with E-state index in [-0.39, 0.29) is 36.3 Å². The topological polar surface area (TPSA) is 92.7 Å². The third-order valence-corrected chi connectivity index (χ3v) is 7.11. The summed E-state index contributed by atoms with van der Waals surface area (Å²) in [6, 6.07) is 9.07. The molecule has 202 valence electrons. The first-order valence-corrected chi connectivity index (χ1v) is 13.3. The molecule has 0 unspecified atom stereocenters. The molecule has 2 aliphatic rings. The van der Waals surface area contributed by atoms with Gasteiger partial charge in [0.1, 0.15) is 11.6 Å². The number of halogens is 1. The first-order chi connectivity index (χ1) is 18.3. The van der Waals surface area contributed by atoms with E-state index in [1.165, 1.54) is 6.07 Å². The lowest BCUT2D eigenvalue weighted by atomic mass is 10.1. The molecule has 2 aromatic heterocycles. The van der Waals surface area contributed by atoms with Crippen molar-refractivity contribution in [3.05, 3.63) is 41.7 Å². The van der Waals surface area contributed by atoms with Gasteiger partial charge < -0.3 is 24.6 Å². The molecule has 1 N–H and O–H groups in total. The number of amides is 1. The lowest BCUT2D eigenvalue weighted by Gasteiger charge is -2.37. The smallest absolute Gasteiger partial charge is 0.229 e. The highest BCUT2D eigenvalue weighted by Gasteiger charge is 2.27. The Hall–Kier alpha value is -3.37. The standard InChI is InChI=1S/C28H35FN6O3/c1-17(2)27(36)30-14-21-13-20(5-7-23(21)29)24-8-6-22-25(31-24)32-28(35-10-12-38-16-19(35)4)33-26(22)34-9-11-37-15-18(34)3/h5-8,13,17-19H,9-12,14-16H2,1-4H3,(H,30,36)/t18-,19-/m0/s1. The normalized spacial score (nSPS) is 20.3. The average Bonchev–Trinajstić information content (AvgIpc) is 2.92. The van der Waals surface area contributed by atoms with Gasteiger partial charge in [0.15, 0.2) is 5.65 Å². The molecule has 3 aromatic rings. The second-order valence-corrected chi connectivity index (χ2v) is 10.3. The molecule has 2 aliphatic heterocycles. The van der Waals surface area contributed by atoms with Gasteiger partial charge in [-0.05, 0) is 44.2 Å². The minimum atomic E-state index is -0.367. The van der Waals surface area contributed by atoms with Crippen LogP contribution >= 0.6 is 0 Å². The number of aromatic nitrogens is 3. The van der Waals surface area contributed by atoms with Crippen LogP contribution in [0.4, 0.5) is 16.2 Å². The minimum Gasteiger partial charge on any atom is -0.377 e. The number of carbonyl (C=O) groups is 1. The second kappa shape index (κ2) is 11.2. The number of fused-ring (bicyclic) bond motifs is 1. The fourth-order valence-corrected chi connectivity index (χ4v) is 4.81. The third kappa shape index (κ3) is 5.42. The number of nitrogens with one attached hydrogen (secondary N) is 1. The van der Waals surface area contributed by atoms with Crippen molar-refractivity contribution >= 4 is 28.7 Å². The Morgan fingerprint density at radius 2 is 1.74 bits per heavy atom. The molecule has 0 saturated carbocycles. The van der Waals surface area contributed by atoms with Gasteiger partial charge in [0.25, 0.3) is 0 Å². The number of morpholine rings is 2. The Bertz CT molecular complexity index is 1320. The Balaban J connectivity index is 1.55. The maximum Gasteiger partial charge on any atom is 0.229 e. The fourth-order valence-electron chi connectivity index (χ4n) is 4.81. The van der Waals surface area contributed by atoms with Crippen molar-refractivity contribution in [2.45, 2.75) is 46.3 Å². The number of pyridine rings is 1. The van der Waals surface area contributed by atoms with Gasteiger partial charge in [-0.1, -0.05) is 13.8 Å². The number of ether oxygens (including phenoxy) is 2. The van der Waals surface area contributed by atoms with Crippen LogP contribution in [-0.2, 0) is 20.8 Å². The molecular formula is C28H35FN6O3. The van der Waals surface area contributed by atoms with Crippen LogP contribution in [0.5, 0.6) is 0 Å². The van der Waals surface area contributed by atoms with E-state index in [4.69, 9.17) is 24.4 Å². The quantitative estimate of drug-likeness (QED) is 0.526. The molecule has 5 rings (SSSR count). The highest BCUT2D eigenvalue weighted by atomic mass is 19.1. The second-order valence-electron chi connectivity index (χ2n) is 10.3. The van der Waals surface area contributed by atoms with E-state index < -0.39 is 0 Å². The third-order valence-electron chi connectivity index (χ3n) is 7.11. The molecule has 1 amide bonds. The summed E-state index contributed by atoms with van der Waals surface area (Å²) < 4.78 is 25.9. The van der Waals surface area contributed by atoms with E-state index in [1.54, 1.807) is 26.0 Å². The fraction of sp³-hybridized carbons (Fsp3) is 0.500. The molecule has 0 aliphatic carbocycles. The molecule has 0 spiro atoms. The molecule has 2 atom stereocenters. The summed E-state index contributed by atoms with van der Waals surface area (Å²) in [7, 11) is 0. The Morgan fingerprint density at radius 1 is 1.03 bits per heavy atom. The van der Waals surface area contributed by atoms with Crippen LogP contribution in [0.3, 0.4) is 0 Å². The van der Waals surface area contributed by atoms with Crippen LogP contribution in [0.2, 0.25) is 0 Å². The molecule has 2 saturated heterocycles. The van der Waals surface area contributed by atoms with Gasteiger partial charge in [0.05, 0.1) is 49.6 Å². The van der Waals surface area contributed by atoms with E-state index in [0.717, 1.165) is 23.3 Å². The highest BCUT2D eigenvalue weighted by molar-refractivity contribution is 5.90. The van der Waals surface area contributed by atoms with Crippen LogP contribution in [0.25, 0.3) is 22.3 Å². The van der Waals surface area contributed by atoms with E-state index in [9.17, 15) is 9.18 Å². The lowest BCUT2D eigenvalue weighted by Crippen LogP contribution is -2.46. The first kappa shape index (κ1) is 26.2. The number of benzene rings is 1. The Labute approximate surface area is 222 Å². The van der Waals surface area contributed by atoms with E-state index >= 15 is 0 Å². The molecule has 0 radical (unpaired) electrons. The zero-order valence-electron chi connectivity index (χ0n) is 22.4. The highest BCUT2D eigenvalue weighted by Crippen LogP contribution is 2.31. The molecular weight excluding hydrogens is 487 g/mol. The zero-order valence-corrected chi connectivity index (χ0v) is 22.4. The van der Waals surface area contributed by atoms with Gasteiger partial charge in [-0.3, -0.25) is 4.79 Å². The largest absolute Gasteiger partial charge is 0.377 e. The van der Waals surface area contributed by atoms with E-state index in [2.05, 4.69) is 29.0 Å². The summed E-state index contributed by atoms with van der Waals surface area (Å²) in [4.78, 5) is 31.3. The number of nitrogens with zero attached hydrogens (tertiary/aromatic N) is 5. The van der Waals surface area contributed by atoms with Crippen LogP contribution in [0.1, 0.15) is 33.3 Å². The maximum absolute atomic E-state index is 14.6. The summed E-state index contributed by atoms with van der Waals surface area (Å²) >= 11 is 0. The summed E-state index contributed by atoms with van der Waals surface area (Å²) in [5.41, 5.74) is 2.42. The van der Waals surface area contributed by atoms with Crippen molar-refractivity contribution < 1.29 is 18.7 Å². The Morgan fingerprint density at radius 3 is 2.42 bits per heavy atom. The van der Waals surface area contributed by atoms with Gasteiger partial charge in [0.2, 0.25) is 11.9 Å². The van der Waals surface area contributed by atoms with Crippen LogP contribution < -0.4 is 15.1 Å². The molecule has 38 heavy (non-hydrogen) atoms. The van der Waals surface area contributed by atoms with E-state index in [0.29, 0.717) is 55.8 Å². The molecule has 1 aromatic carbocycles. The van der Waals surface area contributed by atoms with Crippen molar-refractivity contribution in [1.82, 2.24) is 20.3 Å². The average molecular weight is 523 g/mol. The van der Waals surface area contributed by atoms with Crippen LogP contribution in [-0.4, -0.2) is 72.5 Å². The predicted octanol–water partition coefficient (Wildman–Crippen LogP) is 3.55. The number of hydrogen-bond acceptors (Lipinski definition) is 8.